The quantitative estimate of drug-likeness (QED) is 0.523. The van der Waals surface area contributed by atoms with Gasteiger partial charge in [0.25, 0.3) is 11.8 Å². The number of carbonyl (C=O) groups is 2. The van der Waals surface area contributed by atoms with Gasteiger partial charge in [0.05, 0.1) is 10.4 Å². The van der Waals surface area contributed by atoms with Crippen LogP contribution < -0.4 is 4.90 Å². The Bertz CT molecular complexity index is 906. The number of hydrogen-bond donors (Lipinski definition) is 0. The van der Waals surface area contributed by atoms with Crippen LogP contribution in [-0.2, 0) is 14.9 Å². The third-order valence-corrected chi connectivity index (χ3v) is 5.35. The first kappa shape index (κ1) is 15.8. The van der Waals surface area contributed by atoms with E-state index in [1.54, 1.807) is 6.07 Å². The van der Waals surface area contributed by atoms with Crippen LogP contribution in [0.4, 0.5) is 10.1 Å². The topological polar surface area (TPSA) is 50.5 Å². The van der Waals surface area contributed by atoms with Crippen molar-refractivity contribution in [1.29, 1.82) is 0 Å². The largest absolute Gasteiger partial charge is 0.458 e. The number of hydrogen-bond acceptors (Lipinski definition) is 3. The number of furan rings is 1. The van der Waals surface area contributed by atoms with E-state index in [-0.39, 0.29) is 16.3 Å². The molecule has 0 atom stereocenters. The lowest BCUT2D eigenvalue weighted by Gasteiger charge is -2.16. The molecule has 4 rings (SSSR count). The highest BCUT2D eigenvalue weighted by Gasteiger charge is 2.42. The van der Waals surface area contributed by atoms with Gasteiger partial charge in [0.1, 0.15) is 11.4 Å². The van der Waals surface area contributed by atoms with Crippen molar-refractivity contribution in [2.24, 2.45) is 0 Å². The molecule has 0 radical (unpaired) electrons. The van der Waals surface area contributed by atoms with E-state index in [0.29, 0.717) is 40.5 Å². The second kappa shape index (κ2) is 5.70. The summed E-state index contributed by atoms with van der Waals surface area (Å²) in [6, 6.07) is 2.79. The Balaban J connectivity index is 1.93. The van der Waals surface area contributed by atoms with Crippen molar-refractivity contribution in [2.75, 3.05) is 4.90 Å². The Kier molecular flexibility index (Phi) is 3.77. The zero-order valence-electron chi connectivity index (χ0n) is 12.5. The normalized spacial score (nSPS) is 18.0. The average Bonchev–Trinajstić information content (AvgIpc) is 3.11. The Labute approximate surface area is 150 Å². The van der Waals surface area contributed by atoms with E-state index in [1.165, 1.54) is 0 Å². The number of imide groups is 1. The number of fused-ring (bicyclic) bond motifs is 1. The zero-order valence-corrected chi connectivity index (χ0v) is 14.8. The van der Waals surface area contributed by atoms with Crippen LogP contribution in [0.5, 0.6) is 0 Å². The first-order valence-electron chi connectivity index (χ1n) is 7.60. The highest BCUT2D eigenvalue weighted by atomic mass is 79.9. The third kappa shape index (κ3) is 2.16. The Hall–Kier alpha value is -1.66. The van der Waals surface area contributed by atoms with Crippen molar-refractivity contribution in [3.63, 3.8) is 0 Å². The predicted octanol–water partition coefficient (Wildman–Crippen LogP) is 4.86. The predicted molar refractivity (Wildman–Crippen MR) is 91.8 cm³/mol. The molecule has 0 saturated heterocycles. The maximum absolute atomic E-state index is 14.6. The summed E-state index contributed by atoms with van der Waals surface area (Å²) in [5, 5.41) is 1.07. The molecule has 24 heavy (non-hydrogen) atoms. The number of halogens is 3. The molecule has 1 aromatic heterocycles. The van der Waals surface area contributed by atoms with E-state index in [1.807, 2.05) is 0 Å². The molecule has 2 amide bonds. The van der Waals surface area contributed by atoms with Crippen molar-refractivity contribution in [2.45, 2.75) is 31.0 Å². The van der Waals surface area contributed by atoms with E-state index in [0.717, 1.165) is 23.8 Å². The van der Waals surface area contributed by atoms with Gasteiger partial charge in [-0.05, 0) is 37.8 Å². The van der Waals surface area contributed by atoms with E-state index >= 15 is 0 Å². The zero-order chi connectivity index (χ0) is 17.0. The molecule has 0 N–H and O–H groups in total. The van der Waals surface area contributed by atoms with Crippen molar-refractivity contribution in [3.05, 3.63) is 39.9 Å². The van der Waals surface area contributed by atoms with Crippen LogP contribution in [0.15, 0.2) is 27.7 Å². The molecule has 2 heterocycles. The first-order valence-corrected chi connectivity index (χ1v) is 9.10. The van der Waals surface area contributed by atoms with Gasteiger partial charge in [-0.1, -0.05) is 27.5 Å². The minimum atomic E-state index is -0.746. The van der Waals surface area contributed by atoms with E-state index in [2.05, 4.69) is 15.9 Å². The van der Waals surface area contributed by atoms with Crippen molar-refractivity contribution < 1.29 is 18.4 Å². The molecule has 0 bridgehead atoms. The lowest BCUT2D eigenvalue weighted by atomic mass is 9.93. The number of benzene rings is 1. The Morgan fingerprint density at radius 1 is 1.17 bits per heavy atom. The molecular formula is C17H12BrClFNO3. The number of carbonyl (C=O) groups excluding carboxylic acids is 2. The maximum atomic E-state index is 14.6. The highest BCUT2D eigenvalue weighted by molar-refractivity contribution is 9.08. The maximum Gasteiger partial charge on any atom is 0.261 e. The summed E-state index contributed by atoms with van der Waals surface area (Å²) in [4.78, 5) is 26.3. The number of alkyl halides is 1. The molecule has 0 fully saturated rings. The summed E-state index contributed by atoms with van der Waals surface area (Å²) in [5.41, 5.74) is 0.976. The number of amides is 2. The lowest BCUT2D eigenvalue weighted by molar-refractivity contribution is -0.120. The fourth-order valence-corrected chi connectivity index (χ4v) is 3.89. The monoisotopic (exact) mass is 411 g/mol. The molecule has 0 saturated carbocycles. The molecule has 1 aromatic carbocycles. The van der Waals surface area contributed by atoms with Gasteiger partial charge in [-0.3, -0.25) is 9.59 Å². The lowest BCUT2D eigenvalue weighted by Crippen LogP contribution is -2.32. The smallest absolute Gasteiger partial charge is 0.261 e. The standard InChI is InChI=1S/C17H12BrClFNO3/c18-7-8-5-11-12(19)6-13(20)14(15(11)24-8)21-16(22)9-3-1-2-4-10(9)17(21)23/h5-6H,1-4,7H2. The molecule has 0 spiro atoms. The molecular weight excluding hydrogens is 401 g/mol. The van der Waals surface area contributed by atoms with Crippen LogP contribution in [0.25, 0.3) is 11.0 Å². The molecule has 2 aliphatic rings. The van der Waals surface area contributed by atoms with E-state index in [4.69, 9.17) is 16.0 Å². The minimum Gasteiger partial charge on any atom is -0.458 e. The van der Waals surface area contributed by atoms with Gasteiger partial charge >= 0.3 is 0 Å². The summed E-state index contributed by atoms with van der Waals surface area (Å²) in [5.74, 6) is -1.11. The molecule has 124 valence electrons. The molecule has 1 aliphatic carbocycles. The Morgan fingerprint density at radius 2 is 1.79 bits per heavy atom. The van der Waals surface area contributed by atoms with Crippen LogP contribution in [-0.4, -0.2) is 11.8 Å². The fourth-order valence-electron chi connectivity index (χ4n) is 3.38. The Morgan fingerprint density at radius 3 is 2.38 bits per heavy atom. The number of nitrogens with zero attached hydrogens (tertiary/aromatic N) is 1. The summed E-state index contributed by atoms with van der Waals surface area (Å²) in [6.45, 7) is 0. The SMILES string of the molecule is O=C1C2=C(CCCC2)C(=O)N1c1c(F)cc(Cl)c2cc(CBr)oc12. The van der Waals surface area contributed by atoms with Crippen LogP contribution in [0.1, 0.15) is 31.4 Å². The molecule has 7 heteroatoms. The van der Waals surface area contributed by atoms with Crippen molar-refractivity contribution >= 4 is 56.0 Å². The van der Waals surface area contributed by atoms with Gasteiger partial charge in [-0.2, -0.15) is 0 Å². The summed E-state index contributed by atoms with van der Waals surface area (Å²) in [7, 11) is 0. The second-order valence-electron chi connectivity index (χ2n) is 5.89. The van der Waals surface area contributed by atoms with Crippen LogP contribution in [0.2, 0.25) is 5.02 Å². The van der Waals surface area contributed by atoms with Crippen LogP contribution >= 0.6 is 27.5 Å². The molecule has 1 aliphatic heterocycles. The van der Waals surface area contributed by atoms with Gasteiger partial charge in [-0.25, -0.2) is 9.29 Å². The van der Waals surface area contributed by atoms with Crippen LogP contribution in [0, 0.1) is 5.82 Å². The summed E-state index contributed by atoms with van der Waals surface area (Å²) in [6.07, 6.45) is 2.83. The van der Waals surface area contributed by atoms with E-state index < -0.39 is 17.6 Å². The van der Waals surface area contributed by atoms with Gasteiger partial charge in [0.15, 0.2) is 11.4 Å². The van der Waals surface area contributed by atoms with Crippen molar-refractivity contribution in [3.8, 4) is 0 Å². The van der Waals surface area contributed by atoms with Gasteiger partial charge in [0.2, 0.25) is 0 Å². The highest BCUT2D eigenvalue weighted by Crippen LogP contribution is 2.42. The number of anilines is 1. The fraction of sp³-hybridized carbons (Fsp3) is 0.294. The average molecular weight is 413 g/mol. The van der Waals surface area contributed by atoms with E-state index in [9.17, 15) is 14.0 Å². The molecule has 2 aromatic rings. The van der Waals surface area contributed by atoms with Gasteiger partial charge in [0, 0.05) is 16.5 Å². The first-order chi connectivity index (χ1) is 11.5. The van der Waals surface area contributed by atoms with Gasteiger partial charge < -0.3 is 4.42 Å². The van der Waals surface area contributed by atoms with Gasteiger partial charge in [-0.15, -0.1) is 0 Å². The summed E-state index contributed by atoms with van der Waals surface area (Å²) >= 11 is 9.37. The van der Waals surface area contributed by atoms with Crippen LogP contribution in [0.3, 0.4) is 0 Å². The summed E-state index contributed by atoms with van der Waals surface area (Å²) < 4.78 is 20.3. The van der Waals surface area contributed by atoms with Crippen molar-refractivity contribution in [1.82, 2.24) is 0 Å². The minimum absolute atomic E-state index is 0.121. The molecule has 0 unspecified atom stereocenters. The second-order valence-corrected chi connectivity index (χ2v) is 6.86. The molecule has 4 nitrogen and oxygen atoms in total. The number of rotatable bonds is 2. The third-order valence-electron chi connectivity index (χ3n) is 4.48.